The number of carbonyl (C=O) groups is 1. The van der Waals surface area contributed by atoms with Gasteiger partial charge < -0.3 is 9.67 Å². The minimum Gasteiger partial charge on any atom is -0.493 e. The van der Waals surface area contributed by atoms with Crippen molar-refractivity contribution in [3.63, 3.8) is 0 Å². The van der Waals surface area contributed by atoms with Crippen molar-refractivity contribution in [3.8, 4) is 5.88 Å². The number of carbonyl (C=O) groups excluding carboxylic acids is 1. The molecule has 0 radical (unpaired) electrons. The van der Waals surface area contributed by atoms with Crippen LogP contribution in [-0.2, 0) is 6.54 Å². The molecule has 0 aliphatic heterocycles. The van der Waals surface area contributed by atoms with Crippen molar-refractivity contribution in [1.29, 1.82) is 0 Å². The summed E-state index contributed by atoms with van der Waals surface area (Å²) in [6.45, 7) is 2.26. The Labute approximate surface area is 186 Å². The third-order valence-electron chi connectivity index (χ3n) is 4.84. The second kappa shape index (κ2) is 8.42. The normalized spacial score (nSPS) is 11.4. The van der Waals surface area contributed by atoms with E-state index in [1.54, 1.807) is 28.8 Å². The number of aryl methyl sites for hydroxylation is 1. The number of benzene rings is 3. The van der Waals surface area contributed by atoms with Crippen LogP contribution in [0.3, 0.4) is 0 Å². The Balaban J connectivity index is 1.77. The molecule has 1 heterocycles. The fraction of sp³-hybridized carbons (Fsp3) is 0.0870. The summed E-state index contributed by atoms with van der Waals surface area (Å²) in [6.07, 6.45) is 0. The minimum atomic E-state index is -0.457. The molecule has 150 valence electrons. The highest BCUT2D eigenvalue weighted by Crippen LogP contribution is 2.40. The Morgan fingerprint density at radius 2 is 1.83 bits per heavy atom. The predicted octanol–water partition coefficient (Wildman–Crippen LogP) is 7.04. The van der Waals surface area contributed by atoms with Crippen LogP contribution >= 0.6 is 27.5 Å². The minimum absolute atomic E-state index is 0.0561. The Bertz CT molecular complexity index is 1280. The molecule has 5 nitrogen and oxygen atoms in total. The largest absolute Gasteiger partial charge is 0.493 e. The van der Waals surface area contributed by atoms with Gasteiger partial charge in [0.15, 0.2) is 5.69 Å². The number of halogens is 2. The van der Waals surface area contributed by atoms with Gasteiger partial charge in [-0.2, -0.15) is 0 Å². The molecule has 4 rings (SSSR count). The summed E-state index contributed by atoms with van der Waals surface area (Å²) in [5.41, 5.74) is 3.30. The molecule has 3 aromatic carbocycles. The Morgan fingerprint density at radius 1 is 1.10 bits per heavy atom. The number of aromatic hydroxyl groups is 1. The monoisotopic (exact) mass is 481 g/mol. The van der Waals surface area contributed by atoms with E-state index in [9.17, 15) is 9.90 Å². The van der Waals surface area contributed by atoms with Crippen LogP contribution < -0.4 is 0 Å². The van der Waals surface area contributed by atoms with Crippen molar-refractivity contribution >= 4 is 50.0 Å². The van der Waals surface area contributed by atoms with Gasteiger partial charge in [-0.3, -0.25) is 4.79 Å². The molecular formula is C23H17BrClN3O2. The van der Waals surface area contributed by atoms with Gasteiger partial charge in [-0.15, -0.1) is 10.2 Å². The lowest BCUT2D eigenvalue weighted by molar-refractivity contribution is 0.0994. The third kappa shape index (κ3) is 4.01. The van der Waals surface area contributed by atoms with Gasteiger partial charge in [0.1, 0.15) is 0 Å². The molecule has 1 amide bonds. The molecule has 0 fully saturated rings. The lowest BCUT2D eigenvalue weighted by atomic mass is 10.1. The van der Waals surface area contributed by atoms with Crippen molar-refractivity contribution in [2.45, 2.75) is 13.5 Å². The van der Waals surface area contributed by atoms with Gasteiger partial charge in [0.05, 0.1) is 12.1 Å². The van der Waals surface area contributed by atoms with E-state index >= 15 is 0 Å². The van der Waals surface area contributed by atoms with Crippen LogP contribution in [0.4, 0.5) is 5.69 Å². The van der Waals surface area contributed by atoms with Crippen LogP contribution in [0.5, 0.6) is 5.88 Å². The summed E-state index contributed by atoms with van der Waals surface area (Å²) in [5.74, 6) is -0.513. The fourth-order valence-corrected chi connectivity index (χ4v) is 3.78. The summed E-state index contributed by atoms with van der Waals surface area (Å²) in [6, 6.07) is 20.2. The first-order chi connectivity index (χ1) is 14.4. The number of azo groups is 1. The van der Waals surface area contributed by atoms with Gasteiger partial charge in [-0.25, -0.2) is 0 Å². The number of aromatic nitrogens is 1. The molecule has 1 N–H and O–H groups in total. The molecule has 0 bridgehead atoms. The maximum atomic E-state index is 12.5. The molecule has 4 aromatic rings. The number of rotatable bonds is 4. The first kappa shape index (κ1) is 20.3. The van der Waals surface area contributed by atoms with Crippen LogP contribution in [0.15, 0.2) is 81.4 Å². The summed E-state index contributed by atoms with van der Waals surface area (Å²) in [7, 11) is 0. The first-order valence-corrected chi connectivity index (χ1v) is 10.4. The smallest absolute Gasteiger partial charge is 0.295 e. The summed E-state index contributed by atoms with van der Waals surface area (Å²) in [4.78, 5) is 12.5. The van der Waals surface area contributed by atoms with Gasteiger partial charge >= 0.3 is 0 Å². The Kier molecular flexibility index (Phi) is 5.70. The molecule has 1 aromatic heterocycles. The number of hydrogen-bond donors (Lipinski definition) is 1. The van der Waals surface area contributed by atoms with Gasteiger partial charge in [0.2, 0.25) is 5.88 Å². The van der Waals surface area contributed by atoms with Crippen LogP contribution in [0, 0.1) is 6.92 Å². The highest BCUT2D eigenvalue weighted by atomic mass is 79.9. The fourth-order valence-electron chi connectivity index (χ4n) is 3.29. The summed E-state index contributed by atoms with van der Waals surface area (Å²) in [5, 5.41) is 20.3. The van der Waals surface area contributed by atoms with Crippen LogP contribution in [0.2, 0.25) is 5.02 Å². The Hall–Kier alpha value is -2.96. The number of amides is 1. The number of hydrogen-bond acceptors (Lipinski definition) is 3. The van der Waals surface area contributed by atoms with Crippen LogP contribution in [0.1, 0.15) is 21.5 Å². The second-order valence-electron chi connectivity index (χ2n) is 6.87. The molecule has 30 heavy (non-hydrogen) atoms. The van der Waals surface area contributed by atoms with Crippen molar-refractivity contribution < 1.29 is 9.90 Å². The number of fused-ring (bicyclic) bond motifs is 1. The van der Waals surface area contributed by atoms with Crippen LogP contribution in [-0.4, -0.2) is 15.6 Å². The van der Waals surface area contributed by atoms with E-state index in [1.165, 1.54) is 0 Å². The summed E-state index contributed by atoms with van der Waals surface area (Å²) >= 11 is 9.43. The zero-order valence-corrected chi connectivity index (χ0v) is 18.4. The molecular weight excluding hydrogens is 466 g/mol. The maximum Gasteiger partial charge on any atom is 0.295 e. The standard InChI is InChI=1S/C23H17BrClN3O2/c1-14-4-2-3-5-18(14)22(29)27-26-21-19-12-16(24)8-11-20(19)28(23(21)30)13-15-6-9-17(25)10-7-15/h2-12,30H,13H2,1H3. The van der Waals surface area contributed by atoms with E-state index in [0.29, 0.717) is 22.5 Å². The molecule has 0 aliphatic rings. The SMILES string of the molecule is Cc1ccccc1C(=O)N=Nc1c(O)n(Cc2ccc(Cl)cc2)c2ccc(Br)cc12. The van der Waals surface area contributed by atoms with Gasteiger partial charge in [-0.05, 0) is 54.4 Å². The van der Waals surface area contributed by atoms with E-state index in [0.717, 1.165) is 21.1 Å². The topological polar surface area (TPSA) is 66.9 Å². The Morgan fingerprint density at radius 3 is 2.57 bits per heavy atom. The second-order valence-corrected chi connectivity index (χ2v) is 8.22. The van der Waals surface area contributed by atoms with Crippen LogP contribution in [0.25, 0.3) is 10.9 Å². The first-order valence-electron chi connectivity index (χ1n) is 9.21. The maximum absolute atomic E-state index is 12.5. The predicted molar refractivity (Wildman–Crippen MR) is 122 cm³/mol. The van der Waals surface area contributed by atoms with Gasteiger partial charge in [0.25, 0.3) is 5.91 Å². The van der Waals surface area contributed by atoms with Crippen molar-refractivity contribution in [2.24, 2.45) is 10.2 Å². The van der Waals surface area contributed by atoms with E-state index in [-0.39, 0.29) is 11.6 Å². The molecule has 0 saturated carbocycles. The lowest BCUT2D eigenvalue weighted by Crippen LogP contribution is -1.98. The third-order valence-corrected chi connectivity index (χ3v) is 5.59. The van der Waals surface area contributed by atoms with E-state index < -0.39 is 5.91 Å². The lowest BCUT2D eigenvalue weighted by Gasteiger charge is -2.07. The summed E-state index contributed by atoms with van der Waals surface area (Å²) < 4.78 is 2.57. The van der Waals surface area contributed by atoms with E-state index in [2.05, 4.69) is 26.2 Å². The van der Waals surface area contributed by atoms with Crippen molar-refractivity contribution in [3.05, 3.63) is 92.9 Å². The molecule has 0 atom stereocenters. The van der Waals surface area contributed by atoms with E-state index in [4.69, 9.17) is 11.6 Å². The highest BCUT2D eigenvalue weighted by Gasteiger charge is 2.18. The molecule has 0 saturated heterocycles. The highest BCUT2D eigenvalue weighted by molar-refractivity contribution is 9.10. The average Bonchev–Trinajstić information content (AvgIpc) is 2.98. The van der Waals surface area contributed by atoms with E-state index in [1.807, 2.05) is 49.4 Å². The zero-order chi connectivity index (χ0) is 21.3. The molecule has 0 spiro atoms. The van der Waals surface area contributed by atoms with Crippen molar-refractivity contribution in [1.82, 2.24) is 4.57 Å². The zero-order valence-electron chi connectivity index (χ0n) is 16.0. The molecule has 7 heteroatoms. The van der Waals surface area contributed by atoms with Crippen molar-refractivity contribution in [2.75, 3.05) is 0 Å². The quantitative estimate of drug-likeness (QED) is 0.317. The molecule has 0 unspecified atom stereocenters. The van der Waals surface area contributed by atoms with Gasteiger partial charge in [0, 0.05) is 20.4 Å². The average molecular weight is 483 g/mol. The molecule has 0 aliphatic carbocycles. The van der Waals surface area contributed by atoms with Gasteiger partial charge in [-0.1, -0.05) is 57.9 Å². The number of nitrogens with zero attached hydrogens (tertiary/aromatic N) is 3.